The molecule has 0 saturated carbocycles. The Balaban J connectivity index is 2.41. The molecule has 0 atom stereocenters. The van der Waals surface area contributed by atoms with Gasteiger partial charge in [0.15, 0.2) is 5.78 Å². The Kier molecular flexibility index (Phi) is 4.31. The van der Waals surface area contributed by atoms with Gasteiger partial charge in [-0.3, -0.25) is 19.7 Å². The maximum Gasteiger partial charge on any atom is 0.285 e. The second kappa shape index (κ2) is 6.17. The summed E-state index contributed by atoms with van der Waals surface area (Å²) in [4.78, 5) is 34.5. The van der Waals surface area contributed by atoms with Gasteiger partial charge < -0.3 is 5.32 Å². The number of aryl methyl sites for hydroxylation is 1. The third kappa shape index (κ3) is 3.01. The topological polar surface area (TPSA) is 89.3 Å². The van der Waals surface area contributed by atoms with Crippen molar-refractivity contribution in [2.75, 3.05) is 5.32 Å². The van der Waals surface area contributed by atoms with Gasteiger partial charge >= 0.3 is 0 Å². The fraction of sp³-hybridized carbons (Fsp3) is 0.125. The van der Waals surface area contributed by atoms with Crippen LogP contribution in [0.2, 0.25) is 0 Å². The number of carbonyl (C=O) groups excluding carboxylic acids is 2. The van der Waals surface area contributed by atoms with Crippen molar-refractivity contribution < 1.29 is 14.5 Å². The minimum Gasteiger partial charge on any atom is -0.321 e. The van der Waals surface area contributed by atoms with E-state index in [0.29, 0.717) is 16.8 Å². The number of carbonyl (C=O) groups is 2. The first-order valence-electron chi connectivity index (χ1n) is 6.57. The summed E-state index contributed by atoms with van der Waals surface area (Å²) in [5.74, 6) is -0.821. The number of hydrogen-bond acceptors (Lipinski definition) is 4. The van der Waals surface area contributed by atoms with Crippen LogP contribution >= 0.6 is 0 Å². The third-order valence-corrected chi connectivity index (χ3v) is 3.22. The third-order valence-electron chi connectivity index (χ3n) is 3.22. The van der Waals surface area contributed by atoms with Gasteiger partial charge in [-0.25, -0.2) is 0 Å². The molecule has 0 heterocycles. The monoisotopic (exact) mass is 298 g/mol. The summed E-state index contributed by atoms with van der Waals surface area (Å²) in [6.45, 7) is 2.96. The Bertz CT molecular complexity index is 768. The second-order valence-electron chi connectivity index (χ2n) is 4.78. The van der Waals surface area contributed by atoms with E-state index in [1.54, 1.807) is 43.3 Å². The number of nitrogens with zero attached hydrogens (tertiary/aromatic N) is 1. The average molecular weight is 298 g/mol. The fourth-order valence-electron chi connectivity index (χ4n) is 2.17. The van der Waals surface area contributed by atoms with Gasteiger partial charge in [-0.05, 0) is 32.0 Å². The van der Waals surface area contributed by atoms with E-state index in [-0.39, 0.29) is 17.0 Å². The van der Waals surface area contributed by atoms with Gasteiger partial charge in [0.2, 0.25) is 0 Å². The molecule has 2 aromatic carbocycles. The van der Waals surface area contributed by atoms with Crippen LogP contribution in [0.4, 0.5) is 11.4 Å². The molecule has 0 spiro atoms. The van der Waals surface area contributed by atoms with E-state index in [4.69, 9.17) is 0 Å². The smallest absolute Gasteiger partial charge is 0.285 e. The van der Waals surface area contributed by atoms with E-state index < -0.39 is 10.8 Å². The first-order chi connectivity index (χ1) is 10.4. The standard InChI is InChI=1S/C16H14N2O4/c1-10-6-5-8-13(15(10)18(21)22)16(20)17-14-9-4-3-7-12(14)11(2)19/h3-9H,1-2H3,(H,17,20). The van der Waals surface area contributed by atoms with Crippen LogP contribution in [0.5, 0.6) is 0 Å². The van der Waals surface area contributed by atoms with Crippen molar-refractivity contribution >= 4 is 23.1 Å². The normalized spacial score (nSPS) is 10.1. The van der Waals surface area contributed by atoms with Gasteiger partial charge in [-0.15, -0.1) is 0 Å². The van der Waals surface area contributed by atoms with E-state index in [2.05, 4.69) is 5.32 Å². The quantitative estimate of drug-likeness (QED) is 0.532. The van der Waals surface area contributed by atoms with Gasteiger partial charge in [0, 0.05) is 11.1 Å². The van der Waals surface area contributed by atoms with Crippen LogP contribution in [-0.2, 0) is 0 Å². The molecule has 0 bridgehead atoms. The highest BCUT2D eigenvalue weighted by atomic mass is 16.6. The molecule has 6 heteroatoms. The number of nitrogens with one attached hydrogen (secondary N) is 1. The van der Waals surface area contributed by atoms with Crippen molar-refractivity contribution in [1.29, 1.82) is 0 Å². The lowest BCUT2D eigenvalue weighted by Crippen LogP contribution is -2.16. The number of benzene rings is 2. The van der Waals surface area contributed by atoms with Crippen molar-refractivity contribution in [2.24, 2.45) is 0 Å². The highest BCUT2D eigenvalue weighted by Gasteiger charge is 2.23. The van der Waals surface area contributed by atoms with Gasteiger partial charge in [0.25, 0.3) is 11.6 Å². The number of anilines is 1. The van der Waals surface area contributed by atoms with Crippen LogP contribution in [0.1, 0.15) is 33.2 Å². The predicted molar refractivity (Wildman–Crippen MR) is 82.2 cm³/mol. The predicted octanol–water partition coefficient (Wildman–Crippen LogP) is 3.36. The molecule has 112 valence electrons. The molecule has 2 rings (SSSR count). The zero-order chi connectivity index (χ0) is 16.3. The van der Waals surface area contributed by atoms with Crippen molar-refractivity contribution in [1.82, 2.24) is 0 Å². The minimum absolute atomic E-state index is 0.0386. The molecule has 1 amide bonds. The SMILES string of the molecule is CC(=O)c1ccccc1NC(=O)c1cccc(C)c1[N+](=O)[O-]. The summed E-state index contributed by atoms with van der Waals surface area (Å²) in [6, 6.07) is 11.1. The molecule has 2 aromatic rings. The van der Waals surface area contributed by atoms with Gasteiger partial charge in [-0.2, -0.15) is 0 Å². The van der Waals surface area contributed by atoms with Crippen molar-refractivity contribution in [2.45, 2.75) is 13.8 Å². The summed E-state index contributed by atoms with van der Waals surface area (Å²) >= 11 is 0. The Hall–Kier alpha value is -3.02. The van der Waals surface area contributed by atoms with Crippen LogP contribution in [0.25, 0.3) is 0 Å². The van der Waals surface area contributed by atoms with E-state index in [1.165, 1.54) is 13.0 Å². The minimum atomic E-state index is -0.621. The molecule has 6 nitrogen and oxygen atoms in total. The first kappa shape index (κ1) is 15.4. The van der Waals surface area contributed by atoms with Gasteiger partial charge in [0.1, 0.15) is 5.56 Å². The summed E-state index contributed by atoms with van der Waals surface area (Å²) in [6.07, 6.45) is 0. The molecule has 0 radical (unpaired) electrons. The Morgan fingerprint density at radius 2 is 1.68 bits per heavy atom. The number of rotatable bonds is 4. The fourth-order valence-corrected chi connectivity index (χ4v) is 2.17. The zero-order valence-electron chi connectivity index (χ0n) is 12.1. The van der Waals surface area contributed by atoms with Crippen LogP contribution < -0.4 is 5.32 Å². The van der Waals surface area contributed by atoms with Gasteiger partial charge in [0.05, 0.1) is 10.6 Å². The number of amides is 1. The zero-order valence-corrected chi connectivity index (χ0v) is 12.1. The van der Waals surface area contributed by atoms with Gasteiger partial charge in [-0.1, -0.05) is 24.3 Å². The van der Waals surface area contributed by atoms with Crippen LogP contribution in [-0.4, -0.2) is 16.6 Å². The molecular formula is C16H14N2O4. The second-order valence-corrected chi connectivity index (χ2v) is 4.78. The molecule has 0 saturated heterocycles. The number of nitro groups is 1. The molecule has 0 unspecified atom stereocenters. The van der Waals surface area contributed by atoms with Crippen LogP contribution in [0.15, 0.2) is 42.5 Å². The molecule has 22 heavy (non-hydrogen) atoms. The molecule has 0 aliphatic heterocycles. The maximum atomic E-state index is 12.3. The Morgan fingerprint density at radius 3 is 2.32 bits per heavy atom. The highest BCUT2D eigenvalue weighted by molar-refractivity contribution is 6.10. The van der Waals surface area contributed by atoms with Crippen LogP contribution in [0, 0.1) is 17.0 Å². The number of Topliss-reactive ketones (excluding diaryl/α,β-unsaturated/α-hetero) is 1. The first-order valence-corrected chi connectivity index (χ1v) is 6.57. The summed E-state index contributed by atoms with van der Waals surface area (Å²) < 4.78 is 0. The van der Waals surface area contributed by atoms with Crippen molar-refractivity contribution in [3.8, 4) is 0 Å². The number of hydrogen-bond donors (Lipinski definition) is 1. The average Bonchev–Trinajstić information content (AvgIpc) is 2.46. The lowest BCUT2D eigenvalue weighted by atomic mass is 10.1. The molecule has 0 aliphatic carbocycles. The number of nitro benzene ring substituents is 1. The largest absolute Gasteiger partial charge is 0.321 e. The molecule has 1 N–H and O–H groups in total. The summed E-state index contributed by atoms with van der Waals surface area (Å²) in [5.41, 5.74) is 0.808. The van der Waals surface area contributed by atoms with Crippen molar-refractivity contribution in [3.63, 3.8) is 0 Å². The maximum absolute atomic E-state index is 12.3. The Labute approximate surface area is 126 Å². The van der Waals surface area contributed by atoms with E-state index >= 15 is 0 Å². The molecular weight excluding hydrogens is 284 g/mol. The summed E-state index contributed by atoms with van der Waals surface area (Å²) in [7, 11) is 0. The Morgan fingerprint density at radius 1 is 1.05 bits per heavy atom. The van der Waals surface area contributed by atoms with Crippen molar-refractivity contribution in [3.05, 3.63) is 69.3 Å². The lowest BCUT2D eigenvalue weighted by Gasteiger charge is -2.10. The van der Waals surface area contributed by atoms with E-state index in [9.17, 15) is 19.7 Å². The number of ketones is 1. The molecule has 0 fully saturated rings. The highest BCUT2D eigenvalue weighted by Crippen LogP contribution is 2.25. The van der Waals surface area contributed by atoms with E-state index in [0.717, 1.165) is 0 Å². The lowest BCUT2D eigenvalue weighted by molar-refractivity contribution is -0.385. The molecule has 0 aromatic heterocycles. The molecule has 0 aliphatic rings. The van der Waals surface area contributed by atoms with Crippen LogP contribution in [0.3, 0.4) is 0 Å². The van der Waals surface area contributed by atoms with E-state index in [1.807, 2.05) is 0 Å². The summed E-state index contributed by atoms with van der Waals surface area (Å²) in [5, 5.41) is 13.7. The number of para-hydroxylation sites is 2.